The van der Waals surface area contributed by atoms with Crippen LogP contribution in [-0.4, -0.2) is 43.4 Å². The van der Waals surface area contributed by atoms with Crippen LogP contribution in [0.15, 0.2) is 48.5 Å². The third-order valence-electron chi connectivity index (χ3n) is 4.58. The molecule has 7 heteroatoms. The number of nitrogens with zero attached hydrogens (tertiary/aromatic N) is 1. The van der Waals surface area contributed by atoms with Gasteiger partial charge in [-0.3, -0.25) is 19.3 Å². The molecule has 0 atom stereocenters. The van der Waals surface area contributed by atoms with Gasteiger partial charge in [-0.05, 0) is 43.2 Å². The molecule has 1 heterocycles. The Morgan fingerprint density at radius 2 is 1.93 bits per heavy atom. The Kier molecular flexibility index (Phi) is 4.97. The van der Waals surface area contributed by atoms with Gasteiger partial charge in [0.05, 0.1) is 5.69 Å². The van der Waals surface area contributed by atoms with Gasteiger partial charge < -0.3 is 14.8 Å². The minimum atomic E-state index is -0.316. The lowest BCUT2D eigenvalue weighted by Crippen LogP contribution is -2.45. The molecule has 7 nitrogen and oxygen atoms in total. The number of hydrogen-bond donors (Lipinski definition) is 1. The average molecular weight is 380 g/mol. The average Bonchev–Trinajstić information content (AvgIpc) is 3.52. The summed E-state index contributed by atoms with van der Waals surface area (Å²) in [5.41, 5.74) is 0.813. The molecule has 0 saturated heterocycles. The largest absolute Gasteiger partial charge is 0.485 e. The number of para-hydroxylation sites is 1. The van der Waals surface area contributed by atoms with E-state index in [1.807, 2.05) is 18.2 Å². The zero-order valence-corrected chi connectivity index (χ0v) is 15.2. The van der Waals surface area contributed by atoms with Gasteiger partial charge in [0.1, 0.15) is 18.0 Å². The molecule has 0 aromatic heterocycles. The third kappa shape index (κ3) is 4.14. The molecule has 2 aromatic rings. The Morgan fingerprint density at radius 1 is 1.14 bits per heavy atom. The molecule has 144 valence electrons. The molecule has 0 bridgehead atoms. The highest BCUT2D eigenvalue weighted by atomic mass is 16.5. The molecule has 2 amide bonds. The molecule has 1 saturated carbocycles. The van der Waals surface area contributed by atoms with Gasteiger partial charge in [0.15, 0.2) is 19.0 Å². The van der Waals surface area contributed by atoms with Crippen LogP contribution in [0, 0.1) is 0 Å². The van der Waals surface area contributed by atoms with Crippen molar-refractivity contribution < 1.29 is 23.9 Å². The van der Waals surface area contributed by atoms with Crippen LogP contribution in [0.25, 0.3) is 0 Å². The maximum absolute atomic E-state index is 12.5. The molecule has 1 fully saturated rings. The number of hydrogen-bond acceptors (Lipinski definition) is 5. The summed E-state index contributed by atoms with van der Waals surface area (Å²) in [6.45, 7) is -0.349. The lowest BCUT2D eigenvalue weighted by atomic mass is 10.1. The Bertz CT molecular complexity index is 908. The normalized spacial score (nSPS) is 15.4. The van der Waals surface area contributed by atoms with Gasteiger partial charge in [-0.25, -0.2) is 0 Å². The molecule has 1 aliphatic carbocycles. The number of ketones is 1. The number of anilines is 1. The molecule has 0 unspecified atom stereocenters. The van der Waals surface area contributed by atoms with E-state index in [1.165, 1.54) is 4.90 Å². The summed E-state index contributed by atoms with van der Waals surface area (Å²) in [7, 11) is 0. The summed E-state index contributed by atoms with van der Waals surface area (Å²) in [6, 6.07) is 14.1. The second-order valence-electron chi connectivity index (χ2n) is 6.82. The Balaban J connectivity index is 1.49. The Morgan fingerprint density at radius 3 is 2.68 bits per heavy atom. The first-order valence-corrected chi connectivity index (χ1v) is 9.18. The van der Waals surface area contributed by atoms with Crippen molar-refractivity contribution in [1.29, 1.82) is 0 Å². The van der Waals surface area contributed by atoms with Gasteiger partial charge in [0, 0.05) is 11.6 Å². The number of carbonyl (C=O) groups excluding carboxylic acids is 3. The van der Waals surface area contributed by atoms with Crippen LogP contribution < -0.4 is 19.7 Å². The number of fused-ring (bicyclic) bond motifs is 1. The van der Waals surface area contributed by atoms with Crippen LogP contribution in [0.4, 0.5) is 5.69 Å². The van der Waals surface area contributed by atoms with Crippen molar-refractivity contribution in [2.45, 2.75) is 18.9 Å². The molecule has 0 radical (unpaired) electrons. The SMILES string of the molecule is O=C(CN1C(=O)COc2ccc(C(=O)COc3ccccc3)cc21)NC1CC1. The van der Waals surface area contributed by atoms with Gasteiger partial charge in [-0.15, -0.1) is 0 Å². The maximum Gasteiger partial charge on any atom is 0.265 e. The van der Waals surface area contributed by atoms with E-state index >= 15 is 0 Å². The standard InChI is InChI=1S/C21H20N2O5/c24-18(12-27-16-4-2-1-3-5-16)14-6-9-19-17(10-14)23(21(26)13-28-19)11-20(25)22-15-7-8-15/h1-6,9-10,15H,7-8,11-13H2,(H,22,25). The summed E-state index contributed by atoms with van der Waals surface area (Å²) in [6.07, 6.45) is 1.94. The molecule has 1 N–H and O–H groups in total. The molecular formula is C21H20N2O5. The fourth-order valence-electron chi connectivity index (χ4n) is 2.94. The second-order valence-corrected chi connectivity index (χ2v) is 6.82. The van der Waals surface area contributed by atoms with E-state index in [-0.39, 0.29) is 43.4 Å². The van der Waals surface area contributed by atoms with Crippen molar-refractivity contribution in [3.8, 4) is 11.5 Å². The van der Waals surface area contributed by atoms with Crippen molar-refractivity contribution in [3.05, 3.63) is 54.1 Å². The number of rotatable bonds is 7. The van der Waals surface area contributed by atoms with Gasteiger partial charge in [0.25, 0.3) is 5.91 Å². The minimum absolute atomic E-state index is 0.0934. The molecule has 28 heavy (non-hydrogen) atoms. The summed E-state index contributed by atoms with van der Waals surface area (Å²) in [4.78, 5) is 38.3. The molecule has 0 spiro atoms. The number of nitrogens with one attached hydrogen (secondary N) is 1. The van der Waals surface area contributed by atoms with Crippen molar-refractivity contribution in [2.75, 3.05) is 24.7 Å². The summed E-state index contributed by atoms with van der Waals surface area (Å²) in [5.74, 6) is 0.313. The maximum atomic E-state index is 12.5. The topological polar surface area (TPSA) is 84.9 Å². The highest BCUT2D eigenvalue weighted by molar-refractivity contribution is 6.04. The number of amides is 2. The first-order chi connectivity index (χ1) is 13.6. The van der Waals surface area contributed by atoms with Gasteiger partial charge in [0.2, 0.25) is 5.91 Å². The van der Waals surface area contributed by atoms with Crippen molar-refractivity contribution >= 4 is 23.3 Å². The number of Topliss-reactive ketones (excluding diaryl/α,β-unsaturated/α-hetero) is 1. The summed E-state index contributed by atoms with van der Waals surface area (Å²) in [5, 5.41) is 2.87. The van der Waals surface area contributed by atoms with E-state index in [9.17, 15) is 14.4 Å². The van der Waals surface area contributed by atoms with Crippen LogP contribution in [0.1, 0.15) is 23.2 Å². The Labute approximate surface area is 162 Å². The van der Waals surface area contributed by atoms with E-state index < -0.39 is 0 Å². The summed E-state index contributed by atoms with van der Waals surface area (Å²) < 4.78 is 10.9. The molecule has 2 aliphatic rings. The van der Waals surface area contributed by atoms with E-state index in [1.54, 1.807) is 30.3 Å². The lowest BCUT2D eigenvalue weighted by Gasteiger charge is -2.29. The van der Waals surface area contributed by atoms with Gasteiger partial charge >= 0.3 is 0 Å². The number of carbonyl (C=O) groups is 3. The quantitative estimate of drug-likeness (QED) is 0.742. The van der Waals surface area contributed by atoms with Crippen LogP contribution in [-0.2, 0) is 9.59 Å². The Hall–Kier alpha value is -3.35. The van der Waals surface area contributed by atoms with Gasteiger partial charge in [-0.1, -0.05) is 18.2 Å². The molecule has 2 aromatic carbocycles. The first kappa shape index (κ1) is 18.0. The van der Waals surface area contributed by atoms with Crippen molar-refractivity contribution in [3.63, 3.8) is 0 Å². The van der Waals surface area contributed by atoms with Gasteiger partial charge in [-0.2, -0.15) is 0 Å². The monoisotopic (exact) mass is 380 g/mol. The van der Waals surface area contributed by atoms with Crippen molar-refractivity contribution in [1.82, 2.24) is 5.32 Å². The second kappa shape index (κ2) is 7.72. The minimum Gasteiger partial charge on any atom is -0.485 e. The highest BCUT2D eigenvalue weighted by Gasteiger charge is 2.30. The van der Waals surface area contributed by atoms with Crippen LogP contribution >= 0.6 is 0 Å². The third-order valence-corrected chi connectivity index (χ3v) is 4.58. The zero-order valence-electron chi connectivity index (χ0n) is 15.2. The number of ether oxygens (including phenoxy) is 2. The number of benzene rings is 2. The predicted molar refractivity (Wildman–Crippen MR) is 102 cm³/mol. The predicted octanol–water partition coefficient (Wildman–Crippen LogP) is 1.95. The fourth-order valence-corrected chi connectivity index (χ4v) is 2.94. The van der Waals surface area contributed by atoms with Crippen LogP contribution in [0.2, 0.25) is 0 Å². The first-order valence-electron chi connectivity index (χ1n) is 9.18. The van der Waals surface area contributed by atoms with E-state index in [0.717, 1.165) is 12.8 Å². The van der Waals surface area contributed by atoms with E-state index in [2.05, 4.69) is 5.32 Å². The molecular weight excluding hydrogens is 360 g/mol. The smallest absolute Gasteiger partial charge is 0.265 e. The zero-order chi connectivity index (χ0) is 19.5. The van der Waals surface area contributed by atoms with Crippen LogP contribution in [0.3, 0.4) is 0 Å². The van der Waals surface area contributed by atoms with E-state index in [0.29, 0.717) is 22.7 Å². The lowest BCUT2D eigenvalue weighted by molar-refractivity contribution is -0.125. The van der Waals surface area contributed by atoms with Crippen molar-refractivity contribution in [2.24, 2.45) is 0 Å². The molecule has 4 rings (SSSR count). The van der Waals surface area contributed by atoms with Crippen LogP contribution in [0.5, 0.6) is 11.5 Å². The summed E-state index contributed by atoms with van der Waals surface area (Å²) >= 11 is 0. The van der Waals surface area contributed by atoms with E-state index in [4.69, 9.17) is 9.47 Å². The fraction of sp³-hybridized carbons (Fsp3) is 0.286. The molecule has 1 aliphatic heterocycles. The highest BCUT2D eigenvalue weighted by Crippen LogP contribution is 2.33.